The second-order valence-electron chi connectivity index (χ2n) is 6.10. The lowest BCUT2D eigenvalue weighted by atomic mass is 10.2. The third-order valence-electron chi connectivity index (χ3n) is 4.58. The summed E-state index contributed by atoms with van der Waals surface area (Å²) in [6.07, 6.45) is 3.55. The zero-order valence-electron chi connectivity index (χ0n) is 12.7. The molecule has 120 valence electrons. The van der Waals surface area contributed by atoms with E-state index < -0.39 is 0 Å². The number of halogens is 2. The van der Waals surface area contributed by atoms with E-state index in [0.29, 0.717) is 27.8 Å². The van der Waals surface area contributed by atoms with Gasteiger partial charge in [0.05, 0.1) is 10.0 Å². The summed E-state index contributed by atoms with van der Waals surface area (Å²) < 4.78 is 0. The molecule has 1 aromatic carbocycles. The fourth-order valence-electron chi connectivity index (χ4n) is 3.40. The predicted molar refractivity (Wildman–Crippen MR) is 90.9 cm³/mol. The number of nitrogens with zero attached hydrogens (tertiary/aromatic N) is 2. The van der Waals surface area contributed by atoms with E-state index in [9.17, 15) is 4.79 Å². The molecule has 2 fully saturated rings. The molecule has 22 heavy (non-hydrogen) atoms. The highest BCUT2D eigenvalue weighted by Gasteiger charge is 2.44. The number of carbonyl (C=O) groups is 1. The molecule has 2 bridgehead atoms. The van der Waals surface area contributed by atoms with Gasteiger partial charge in [0, 0.05) is 30.9 Å². The van der Waals surface area contributed by atoms with Crippen LogP contribution in [0.15, 0.2) is 18.2 Å². The molecular formula is C16H21Cl2N3O. The fraction of sp³-hybridized carbons (Fsp3) is 0.562. The molecule has 0 aromatic heterocycles. The van der Waals surface area contributed by atoms with Crippen LogP contribution < -0.4 is 5.32 Å². The zero-order chi connectivity index (χ0) is 15.7. The number of nitrogens with one attached hydrogen (secondary N) is 1. The van der Waals surface area contributed by atoms with Gasteiger partial charge in [-0.1, -0.05) is 36.5 Å². The van der Waals surface area contributed by atoms with Crippen LogP contribution in [0.3, 0.4) is 0 Å². The van der Waals surface area contributed by atoms with Crippen molar-refractivity contribution in [3.63, 3.8) is 0 Å². The number of unbranched alkanes of at least 4 members (excludes halogenated alkanes) is 1. The van der Waals surface area contributed by atoms with Gasteiger partial charge < -0.3 is 10.2 Å². The summed E-state index contributed by atoms with van der Waals surface area (Å²) in [4.78, 5) is 16.9. The van der Waals surface area contributed by atoms with Crippen molar-refractivity contribution in [3.05, 3.63) is 28.2 Å². The fourth-order valence-corrected chi connectivity index (χ4v) is 3.70. The van der Waals surface area contributed by atoms with Crippen LogP contribution in [0.25, 0.3) is 0 Å². The van der Waals surface area contributed by atoms with Gasteiger partial charge in [0.1, 0.15) is 0 Å². The molecule has 4 nitrogen and oxygen atoms in total. The summed E-state index contributed by atoms with van der Waals surface area (Å²) >= 11 is 11.9. The Morgan fingerprint density at radius 1 is 1.27 bits per heavy atom. The molecule has 0 saturated carbocycles. The maximum atomic E-state index is 12.4. The van der Waals surface area contributed by atoms with Gasteiger partial charge >= 0.3 is 6.03 Å². The van der Waals surface area contributed by atoms with E-state index in [1.54, 1.807) is 18.2 Å². The minimum atomic E-state index is -0.0407. The van der Waals surface area contributed by atoms with Crippen LogP contribution in [0.5, 0.6) is 0 Å². The van der Waals surface area contributed by atoms with Crippen LogP contribution in [0.4, 0.5) is 10.5 Å². The molecule has 1 N–H and O–H groups in total. The van der Waals surface area contributed by atoms with Crippen LogP contribution in [0, 0.1) is 0 Å². The van der Waals surface area contributed by atoms with E-state index in [1.807, 2.05) is 4.90 Å². The molecule has 2 atom stereocenters. The van der Waals surface area contributed by atoms with Crippen molar-refractivity contribution in [3.8, 4) is 0 Å². The van der Waals surface area contributed by atoms with Gasteiger partial charge in [-0.25, -0.2) is 4.79 Å². The van der Waals surface area contributed by atoms with Gasteiger partial charge in [0.15, 0.2) is 0 Å². The highest BCUT2D eigenvalue weighted by Crippen LogP contribution is 2.32. The second-order valence-corrected chi connectivity index (χ2v) is 6.92. The maximum absolute atomic E-state index is 12.4. The van der Waals surface area contributed by atoms with E-state index in [2.05, 4.69) is 17.1 Å². The molecule has 2 saturated heterocycles. The van der Waals surface area contributed by atoms with Crippen LogP contribution in [-0.4, -0.2) is 47.5 Å². The molecule has 0 spiro atoms. The summed E-state index contributed by atoms with van der Waals surface area (Å²) in [6, 6.07) is 5.97. The van der Waals surface area contributed by atoms with E-state index >= 15 is 0 Å². The summed E-state index contributed by atoms with van der Waals surface area (Å²) in [7, 11) is 0. The molecule has 0 radical (unpaired) electrons. The number of benzene rings is 1. The monoisotopic (exact) mass is 341 g/mol. The number of hydrogen-bond donors (Lipinski definition) is 1. The molecular weight excluding hydrogens is 321 g/mol. The van der Waals surface area contributed by atoms with Gasteiger partial charge in [-0.2, -0.15) is 0 Å². The first kappa shape index (κ1) is 15.9. The standard InChI is InChI=1S/C16H21Cl2N3O/c1-2-3-6-20-9-13-8-12(20)10-21(13)16(22)19-11-4-5-14(17)15(18)7-11/h4-5,7,12-13H,2-3,6,8-10H2,1H3,(H,19,22)/t12-,13-/m1/s1. The Bertz CT molecular complexity index is 566. The number of carbonyl (C=O) groups excluding carboxylic acids is 1. The summed E-state index contributed by atoms with van der Waals surface area (Å²) in [5.41, 5.74) is 0.685. The molecule has 0 aliphatic carbocycles. The average Bonchev–Trinajstić information content (AvgIpc) is 3.09. The number of likely N-dealkylation sites (tertiary alicyclic amines) is 2. The largest absolute Gasteiger partial charge is 0.322 e. The van der Waals surface area contributed by atoms with E-state index in [0.717, 1.165) is 26.1 Å². The number of urea groups is 1. The predicted octanol–water partition coefficient (Wildman–Crippen LogP) is 4.08. The third kappa shape index (κ3) is 3.19. The van der Waals surface area contributed by atoms with Crippen molar-refractivity contribution >= 4 is 34.9 Å². The number of hydrogen-bond acceptors (Lipinski definition) is 2. The van der Waals surface area contributed by atoms with Crippen molar-refractivity contribution in [2.75, 3.05) is 25.0 Å². The molecule has 2 aliphatic rings. The lowest BCUT2D eigenvalue weighted by Gasteiger charge is -2.34. The van der Waals surface area contributed by atoms with Gasteiger partial charge in [-0.15, -0.1) is 0 Å². The summed E-state index contributed by atoms with van der Waals surface area (Å²) in [5.74, 6) is 0. The smallest absolute Gasteiger partial charge is 0.319 e. The van der Waals surface area contributed by atoms with E-state index in [1.165, 1.54) is 12.8 Å². The van der Waals surface area contributed by atoms with Crippen molar-refractivity contribution in [1.82, 2.24) is 9.80 Å². The molecule has 3 rings (SSSR count). The van der Waals surface area contributed by atoms with Crippen molar-refractivity contribution in [2.45, 2.75) is 38.3 Å². The second kappa shape index (κ2) is 6.65. The molecule has 0 unspecified atom stereocenters. The number of amides is 2. The Morgan fingerprint density at radius 3 is 2.73 bits per heavy atom. The van der Waals surface area contributed by atoms with Crippen molar-refractivity contribution in [2.24, 2.45) is 0 Å². The Kier molecular flexibility index (Phi) is 4.81. The van der Waals surface area contributed by atoms with Crippen LogP contribution in [0.1, 0.15) is 26.2 Å². The van der Waals surface area contributed by atoms with Crippen molar-refractivity contribution in [1.29, 1.82) is 0 Å². The summed E-state index contributed by atoms with van der Waals surface area (Å²) in [6.45, 7) is 5.19. The van der Waals surface area contributed by atoms with Gasteiger partial charge in [-0.3, -0.25) is 4.90 Å². The minimum absolute atomic E-state index is 0.0407. The van der Waals surface area contributed by atoms with Gasteiger partial charge in [0.2, 0.25) is 0 Å². The quantitative estimate of drug-likeness (QED) is 0.895. The number of fused-ring (bicyclic) bond motifs is 2. The summed E-state index contributed by atoms with van der Waals surface area (Å²) in [5, 5.41) is 3.86. The van der Waals surface area contributed by atoms with E-state index in [-0.39, 0.29) is 6.03 Å². The third-order valence-corrected chi connectivity index (χ3v) is 5.32. The lowest BCUT2D eigenvalue weighted by Crippen LogP contribution is -2.50. The first-order valence-corrected chi connectivity index (χ1v) is 8.60. The van der Waals surface area contributed by atoms with Crippen LogP contribution in [0.2, 0.25) is 10.0 Å². The molecule has 1 aromatic rings. The molecule has 2 aliphatic heterocycles. The highest BCUT2D eigenvalue weighted by molar-refractivity contribution is 6.42. The molecule has 2 amide bonds. The first-order valence-electron chi connectivity index (χ1n) is 7.85. The SMILES string of the molecule is CCCCN1C[C@H]2C[C@@H]1CN2C(=O)Nc1ccc(Cl)c(Cl)c1. The lowest BCUT2D eigenvalue weighted by molar-refractivity contribution is 0.143. The number of piperazine rings is 1. The first-order chi connectivity index (χ1) is 10.6. The highest BCUT2D eigenvalue weighted by atomic mass is 35.5. The Hall–Kier alpha value is -0.970. The van der Waals surface area contributed by atoms with Crippen molar-refractivity contribution < 1.29 is 4.79 Å². The number of rotatable bonds is 4. The van der Waals surface area contributed by atoms with E-state index in [4.69, 9.17) is 23.2 Å². The normalized spacial score (nSPS) is 24.0. The van der Waals surface area contributed by atoms with Gasteiger partial charge in [0.25, 0.3) is 0 Å². The zero-order valence-corrected chi connectivity index (χ0v) is 14.2. The molecule has 2 heterocycles. The topological polar surface area (TPSA) is 35.6 Å². The maximum Gasteiger partial charge on any atom is 0.322 e. The average molecular weight is 342 g/mol. The van der Waals surface area contributed by atoms with Gasteiger partial charge in [-0.05, 0) is 37.6 Å². The minimum Gasteiger partial charge on any atom is -0.319 e. The Balaban J connectivity index is 1.58. The Labute approximate surface area is 141 Å². The Morgan fingerprint density at radius 2 is 2.09 bits per heavy atom. The number of anilines is 1. The van der Waals surface area contributed by atoms with Crippen LogP contribution >= 0.6 is 23.2 Å². The molecule has 6 heteroatoms. The van der Waals surface area contributed by atoms with Crippen LogP contribution in [-0.2, 0) is 0 Å².